The van der Waals surface area contributed by atoms with Crippen LogP contribution in [0.15, 0.2) is 12.0 Å². The second kappa shape index (κ2) is 7.99. The molecule has 1 unspecified atom stereocenters. The molecule has 0 radical (unpaired) electrons. The number of hydrogen-bond acceptors (Lipinski definition) is 4. The molecule has 0 aromatic rings. The maximum absolute atomic E-state index is 12.4. The van der Waals surface area contributed by atoms with Crippen LogP contribution in [0.1, 0.15) is 92.4 Å². The van der Waals surface area contributed by atoms with Crippen molar-refractivity contribution < 1.29 is 19.4 Å². The van der Waals surface area contributed by atoms with Gasteiger partial charge in [0.2, 0.25) is 0 Å². The first-order valence-electron chi connectivity index (χ1n) is 14.1. The van der Waals surface area contributed by atoms with Crippen LogP contribution in [0, 0.1) is 40.4 Å². The first-order valence-corrected chi connectivity index (χ1v) is 17.1. The summed E-state index contributed by atoms with van der Waals surface area (Å²) < 4.78 is 12.3. The predicted octanol–water partition coefficient (Wildman–Crippen LogP) is 7.20. The molecule has 0 aromatic carbocycles. The fraction of sp³-hybridized carbons (Fsp3) is 0.931. The van der Waals surface area contributed by atoms with Crippen LogP contribution in [-0.4, -0.2) is 36.8 Å². The SMILES string of the molecule is CC(C)(C)[Si](C)(C)O[C@H]1CC[C@@]2(C)[C@H](CC[C@@H]3[C@@H]2CC[C@]2(C)[C@@H](C4C=C(O)OC4)CC[C@]32O)C1. The largest absolute Gasteiger partial charge is 0.481 e. The summed E-state index contributed by atoms with van der Waals surface area (Å²) in [5.74, 6) is 2.50. The Morgan fingerprint density at radius 1 is 0.971 bits per heavy atom. The fourth-order valence-electron chi connectivity index (χ4n) is 9.31. The average Bonchev–Trinajstić information content (AvgIpc) is 3.27. The maximum atomic E-state index is 12.4. The van der Waals surface area contributed by atoms with Crippen molar-refractivity contribution >= 4 is 8.32 Å². The predicted molar refractivity (Wildman–Crippen MR) is 139 cm³/mol. The number of hydrogen-bond donors (Lipinski definition) is 2. The van der Waals surface area contributed by atoms with Crippen LogP contribution >= 0.6 is 0 Å². The summed E-state index contributed by atoms with van der Waals surface area (Å²) >= 11 is 0. The van der Waals surface area contributed by atoms with Crippen LogP contribution in [0.4, 0.5) is 0 Å². The molecule has 5 aliphatic rings. The molecule has 4 fully saturated rings. The Morgan fingerprint density at radius 3 is 2.32 bits per heavy atom. The Balaban J connectivity index is 1.33. The quantitative estimate of drug-likeness (QED) is 0.411. The van der Waals surface area contributed by atoms with Crippen molar-refractivity contribution in [2.45, 2.75) is 122 Å². The highest BCUT2D eigenvalue weighted by Gasteiger charge is 2.68. The molecule has 194 valence electrons. The van der Waals surface area contributed by atoms with Crippen LogP contribution in [-0.2, 0) is 9.16 Å². The molecule has 4 saturated carbocycles. The van der Waals surface area contributed by atoms with Crippen molar-refractivity contribution in [3.63, 3.8) is 0 Å². The van der Waals surface area contributed by atoms with Gasteiger partial charge < -0.3 is 19.4 Å². The van der Waals surface area contributed by atoms with Gasteiger partial charge in [-0.05, 0) is 105 Å². The highest BCUT2D eigenvalue weighted by atomic mass is 28.4. The van der Waals surface area contributed by atoms with Crippen molar-refractivity contribution in [1.82, 2.24) is 0 Å². The van der Waals surface area contributed by atoms with E-state index < -0.39 is 13.9 Å². The number of ether oxygens (including phenoxy) is 1. The summed E-state index contributed by atoms with van der Waals surface area (Å²) in [6, 6.07) is 0. The first-order chi connectivity index (χ1) is 15.7. The van der Waals surface area contributed by atoms with Gasteiger partial charge in [0.15, 0.2) is 8.32 Å². The van der Waals surface area contributed by atoms with Crippen molar-refractivity contribution in [2.24, 2.45) is 40.4 Å². The molecular weight excluding hydrogens is 440 g/mol. The van der Waals surface area contributed by atoms with E-state index in [1.54, 1.807) is 0 Å². The van der Waals surface area contributed by atoms with Gasteiger partial charge >= 0.3 is 0 Å². The van der Waals surface area contributed by atoms with E-state index in [2.05, 4.69) is 47.7 Å². The number of rotatable bonds is 3. The van der Waals surface area contributed by atoms with Gasteiger partial charge in [0.05, 0.1) is 12.2 Å². The molecule has 1 aliphatic heterocycles. The summed E-state index contributed by atoms with van der Waals surface area (Å²) in [5.41, 5.74) is -0.315. The fourth-order valence-corrected chi connectivity index (χ4v) is 10.7. The summed E-state index contributed by atoms with van der Waals surface area (Å²) in [6.07, 6.45) is 12.7. The lowest BCUT2D eigenvalue weighted by molar-refractivity contribution is -0.212. The normalized spacial score (nSPS) is 49.0. The second-order valence-electron chi connectivity index (χ2n) is 14.8. The smallest absolute Gasteiger partial charge is 0.272 e. The molecule has 0 bridgehead atoms. The average molecular weight is 491 g/mol. The summed E-state index contributed by atoms with van der Waals surface area (Å²) in [5, 5.41) is 22.5. The Bertz CT molecular complexity index is 832. The molecule has 1 heterocycles. The van der Waals surface area contributed by atoms with Gasteiger partial charge in [0, 0.05) is 23.5 Å². The third-order valence-corrected chi connectivity index (χ3v) is 17.0. The van der Waals surface area contributed by atoms with E-state index in [1.165, 1.54) is 38.5 Å². The molecule has 4 nitrogen and oxygen atoms in total. The van der Waals surface area contributed by atoms with Crippen molar-refractivity contribution in [3.05, 3.63) is 12.0 Å². The van der Waals surface area contributed by atoms with E-state index in [4.69, 9.17) is 9.16 Å². The standard InChI is InChI=1S/C29H50O4Si/c1-26(2,3)34(6,7)33-21-10-13-27(4)20(17-21)8-9-24-23(27)11-14-28(5)22(12-15-29(24,28)31)19-16-25(30)32-18-19/h16,19-24,30-31H,8-15,17-18H2,1-7H3/t19?,20-,21+,22-,23+,24-,27+,28-,29+/m1/s1. The van der Waals surface area contributed by atoms with Gasteiger partial charge in [0.25, 0.3) is 5.95 Å². The molecule has 0 aromatic heterocycles. The molecule has 5 rings (SSSR count). The second-order valence-corrected chi connectivity index (χ2v) is 19.5. The summed E-state index contributed by atoms with van der Waals surface area (Å²) in [6.45, 7) is 17.4. The highest BCUT2D eigenvalue weighted by Crippen LogP contribution is 2.70. The Labute approximate surface area is 209 Å². The van der Waals surface area contributed by atoms with Gasteiger partial charge in [-0.25, -0.2) is 0 Å². The number of aliphatic hydroxyl groups is 2. The zero-order valence-electron chi connectivity index (χ0n) is 22.8. The number of fused-ring (bicyclic) bond motifs is 5. The van der Waals surface area contributed by atoms with Crippen LogP contribution in [0.2, 0.25) is 18.1 Å². The van der Waals surface area contributed by atoms with Crippen LogP contribution in [0.3, 0.4) is 0 Å². The minimum absolute atomic E-state index is 0.0743. The lowest BCUT2D eigenvalue weighted by Gasteiger charge is -2.64. The highest BCUT2D eigenvalue weighted by molar-refractivity contribution is 6.74. The third-order valence-electron chi connectivity index (χ3n) is 12.4. The van der Waals surface area contributed by atoms with E-state index in [1.807, 2.05) is 6.08 Å². The molecule has 0 amide bonds. The molecule has 2 N–H and O–H groups in total. The molecular formula is C29H50O4Si. The minimum atomic E-state index is -1.75. The Hall–Kier alpha value is -0.523. The van der Waals surface area contributed by atoms with Gasteiger partial charge in [-0.2, -0.15) is 0 Å². The van der Waals surface area contributed by atoms with E-state index in [9.17, 15) is 10.2 Å². The third kappa shape index (κ3) is 3.57. The van der Waals surface area contributed by atoms with E-state index in [0.29, 0.717) is 35.9 Å². The molecule has 5 heteroatoms. The minimum Gasteiger partial charge on any atom is -0.481 e. The van der Waals surface area contributed by atoms with Gasteiger partial charge in [-0.1, -0.05) is 34.6 Å². The van der Waals surface area contributed by atoms with Gasteiger partial charge in [-0.15, -0.1) is 0 Å². The molecule has 0 saturated heterocycles. The molecule has 34 heavy (non-hydrogen) atoms. The zero-order chi connectivity index (χ0) is 24.7. The lowest BCUT2D eigenvalue weighted by Crippen LogP contribution is -2.62. The monoisotopic (exact) mass is 490 g/mol. The van der Waals surface area contributed by atoms with Crippen LogP contribution < -0.4 is 0 Å². The van der Waals surface area contributed by atoms with Crippen LogP contribution in [0.25, 0.3) is 0 Å². The van der Waals surface area contributed by atoms with Crippen molar-refractivity contribution in [2.75, 3.05) is 6.61 Å². The zero-order valence-corrected chi connectivity index (χ0v) is 23.8. The van der Waals surface area contributed by atoms with E-state index in [-0.39, 0.29) is 22.3 Å². The summed E-state index contributed by atoms with van der Waals surface area (Å²) in [4.78, 5) is 0. The van der Waals surface area contributed by atoms with Crippen molar-refractivity contribution in [3.8, 4) is 0 Å². The Kier molecular flexibility index (Phi) is 5.90. The number of aliphatic hydroxyl groups excluding tert-OH is 1. The molecule has 9 atom stereocenters. The van der Waals surface area contributed by atoms with Gasteiger partial charge in [-0.3, -0.25) is 0 Å². The van der Waals surface area contributed by atoms with E-state index in [0.717, 1.165) is 25.2 Å². The maximum Gasteiger partial charge on any atom is 0.272 e. The van der Waals surface area contributed by atoms with E-state index >= 15 is 0 Å². The summed E-state index contributed by atoms with van der Waals surface area (Å²) in [7, 11) is -1.75. The first kappa shape index (κ1) is 25.1. The lowest BCUT2D eigenvalue weighted by atomic mass is 9.43. The molecule has 0 spiro atoms. The van der Waals surface area contributed by atoms with Crippen molar-refractivity contribution in [1.29, 1.82) is 0 Å². The van der Waals surface area contributed by atoms with Gasteiger partial charge in [0.1, 0.15) is 0 Å². The van der Waals surface area contributed by atoms with Crippen LogP contribution in [0.5, 0.6) is 0 Å². The molecule has 4 aliphatic carbocycles. The Morgan fingerprint density at radius 2 is 1.68 bits per heavy atom. The topological polar surface area (TPSA) is 58.9 Å².